The summed E-state index contributed by atoms with van der Waals surface area (Å²) in [5, 5.41) is 17.3. The van der Waals surface area contributed by atoms with Crippen LogP contribution in [0.5, 0.6) is 0 Å². The Morgan fingerprint density at radius 3 is 2.43 bits per heavy atom. The van der Waals surface area contributed by atoms with Crippen molar-refractivity contribution >= 4 is 29.2 Å². The van der Waals surface area contributed by atoms with E-state index in [-0.39, 0.29) is 17.0 Å². The maximum absolute atomic E-state index is 10.7. The molecule has 3 nitrogen and oxygen atoms in total. The van der Waals surface area contributed by atoms with Gasteiger partial charge < -0.3 is 5.11 Å². The average molecular weight is 234 g/mol. The monoisotopic (exact) mass is 233 g/mol. The largest absolute Gasteiger partial charge is 0.477 e. The van der Waals surface area contributed by atoms with Gasteiger partial charge in [-0.05, 0) is 17.6 Å². The molecule has 76 valence electrons. The SMILES string of the molecule is CCC(=CCl)C(CCl)=C(C#N)C(=O)O. The molecular weight excluding hydrogens is 225 g/mol. The summed E-state index contributed by atoms with van der Waals surface area (Å²) in [7, 11) is 0. The molecule has 0 unspecified atom stereocenters. The molecule has 0 heterocycles. The van der Waals surface area contributed by atoms with Crippen molar-refractivity contribution in [3.8, 4) is 6.07 Å². The van der Waals surface area contributed by atoms with Gasteiger partial charge in [0, 0.05) is 11.4 Å². The maximum Gasteiger partial charge on any atom is 0.346 e. The van der Waals surface area contributed by atoms with E-state index >= 15 is 0 Å². The minimum atomic E-state index is -1.28. The molecule has 0 aromatic rings. The van der Waals surface area contributed by atoms with Gasteiger partial charge in [0.25, 0.3) is 0 Å². The van der Waals surface area contributed by atoms with Gasteiger partial charge in [-0.25, -0.2) is 4.79 Å². The first-order valence-electron chi connectivity index (χ1n) is 3.84. The predicted molar refractivity (Wildman–Crippen MR) is 55.2 cm³/mol. The minimum Gasteiger partial charge on any atom is -0.477 e. The van der Waals surface area contributed by atoms with E-state index in [0.29, 0.717) is 12.0 Å². The van der Waals surface area contributed by atoms with Crippen LogP contribution in [0.1, 0.15) is 13.3 Å². The van der Waals surface area contributed by atoms with Gasteiger partial charge in [0.2, 0.25) is 0 Å². The average Bonchev–Trinajstić information content (AvgIpc) is 2.17. The van der Waals surface area contributed by atoms with Crippen molar-refractivity contribution in [2.24, 2.45) is 0 Å². The Kier molecular flexibility index (Phi) is 6.02. The molecule has 0 spiro atoms. The molecule has 0 saturated carbocycles. The zero-order valence-electron chi connectivity index (χ0n) is 7.55. The molecule has 0 rings (SSSR count). The van der Waals surface area contributed by atoms with Crippen molar-refractivity contribution in [2.45, 2.75) is 13.3 Å². The summed E-state index contributed by atoms with van der Waals surface area (Å²) < 4.78 is 0. The smallest absolute Gasteiger partial charge is 0.346 e. The normalized spacial score (nSPS) is 13.1. The predicted octanol–water partition coefficient (Wildman–Crippen LogP) is 2.66. The number of rotatable bonds is 4. The number of hydrogen-bond donors (Lipinski definition) is 1. The molecule has 14 heavy (non-hydrogen) atoms. The lowest BCUT2D eigenvalue weighted by Gasteiger charge is -2.06. The number of carboxylic acids is 1. The zero-order chi connectivity index (χ0) is 11.1. The van der Waals surface area contributed by atoms with Gasteiger partial charge in [0.15, 0.2) is 0 Å². The van der Waals surface area contributed by atoms with E-state index in [0.717, 1.165) is 0 Å². The van der Waals surface area contributed by atoms with Gasteiger partial charge in [-0.3, -0.25) is 0 Å². The fourth-order valence-corrected chi connectivity index (χ4v) is 1.51. The van der Waals surface area contributed by atoms with Crippen LogP contribution in [-0.4, -0.2) is 17.0 Å². The number of allylic oxidation sites excluding steroid dienone is 2. The summed E-state index contributed by atoms with van der Waals surface area (Å²) in [6.45, 7) is 1.80. The van der Waals surface area contributed by atoms with E-state index in [1.165, 1.54) is 5.54 Å². The van der Waals surface area contributed by atoms with E-state index in [1.54, 1.807) is 13.0 Å². The van der Waals surface area contributed by atoms with Crippen LogP contribution in [0, 0.1) is 11.3 Å². The molecule has 5 heteroatoms. The van der Waals surface area contributed by atoms with Crippen molar-refractivity contribution in [1.82, 2.24) is 0 Å². The highest BCUT2D eigenvalue weighted by molar-refractivity contribution is 6.26. The molecule has 0 aliphatic rings. The molecule has 0 aliphatic heterocycles. The van der Waals surface area contributed by atoms with Gasteiger partial charge in [-0.2, -0.15) is 5.26 Å². The highest BCUT2D eigenvalue weighted by Crippen LogP contribution is 2.20. The van der Waals surface area contributed by atoms with Gasteiger partial charge in [-0.15, -0.1) is 11.6 Å². The van der Waals surface area contributed by atoms with Crippen LogP contribution in [0.15, 0.2) is 22.3 Å². The van der Waals surface area contributed by atoms with Crippen LogP contribution in [0.3, 0.4) is 0 Å². The standard InChI is InChI=1S/C9H9Cl2NO2/c1-2-6(3-10)7(4-11)8(5-12)9(13)14/h3H,2,4H2,1H3,(H,13,14). The molecule has 1 N–H and O–H groups in total. The van der Waals surface area contributed by atoms with Crippen LogP contribution in [-0.2, 0) is 4.79 Å². The molecule has 0 aromatic carbocycles. The number of nitrogens with zero attached hydrogens (tertiary/aromatic N) is 1. The minimum absolute atomic E-state index is 0.0401. The van der Waals surface area contributed by atoms with E-state index < -0.39 is 5.97 Å². The summed E-state index contributed by atoms with van der Waals surface area (Å²) in [4.78, 5) is 10.7. The van der Waals surface area contributed by atoms with Crippen molar-refractivity contribution in [1.29, 1.82) is 5.26 Å². The van der Waals surface area contributed by atoms with Crippen molar-refractivity contribution in [2.75, 3.05) is 5.88 Å². The Bertz CT molecular complexity index is 326. The lowest BCUT2D eigenvalue weighted by atomic mass is 10.0. The lowest BCUT2D eigenvalue weighted by molar-refractivity contribution is -0.132. The van der Waals surface area contributed by atoms with E-state index in [4.69, 9.17) is 33.6 Å². The summed E-state index contributed by atoms with van der Waals surface area (Å²) in [5.41, 5.74) is 1.74. The summed E-state index contributed by atoms with van der Waals surface area (Å²) in [6.07, 6.45) is 0.532. The Hall–Kier alpha value is -0.980. The molecule has 0 saturated heterocycles. The van der Waals surface area contributed by atoms with Crippen molar-refractivity contribution in [3.63, 3.8) is 0 Å². The number of nitriles is 1. The van der Waals surface area contributed by atoms with Crippen molar-refractivity contribution in [3.05, 3.63) is 22.3 Å². The summed E-state index contributed by atoms with van der Waals surface area (Å²) in [5.74, 6) is -1.32. The molecular formula is C9H9Cl2NO2. The summed E-state index contributed by atoms with van der Waals surface area (Å²) >= 11 is 11.1. The Morgan fingerprint density at radius 1 is 1.64 bits per heavy atom. The third kappa shape index (κ3) is 3.06. The third-order valence-electron chi connectivity index (χ3n) is 1.66. The first-order valence-corrected chi connectivity index (χ1v) is 4.81. The number of aliphatic carboxylic acids is 1. The Balaban J connectivity index is 5.42. The maximum atomic E-state index is 10.7. The van der Waals surface area contributed by atoms with Crippen LogP contribution < -0.4 is 0 Å². The number of hydrogen-bond acceptors (Lipinski definition) is 2. The first-order chi connectivity index (χ1) is 6.62. The molecule has 0 amide bonds. The lowest BCUT2D eigenvalue weighted by Crippen LogP contribution is -2.05. The second-order valence-corrected chi connectivity index (χ2v) is 2.88. The fraction of sp³-hybridized carbons (Fsp3) is 0.333. The molecule has 0 aromatic heterocycles. The van der Waals surface area contributed by atoms with Crippen molar-refractivity contribution < 1.29 is 9.90 Å². The second kappa shape index (κ2) is 6.47. The topological polar surface area (TPSA) is 61.1 Å². The van der Waals surface area contributed by atoms with E-state index in [9.17, 15) is 4.79 Å². The van der Waals surface area contributed by atoms with Gasteiger partial charge >= 0.3 is 5.97 Å². The Labute approximate surface area is 92.2 Å². The third-order valence-corrected chi connectivity index (χ3v) is 2.19. The number of carbonyl (C=O) groups is 1. The molecule has 0 aliphatic carbocycles. The highest BCUT2D eigenvalue weighted by Gasteiger charge is 2.15. The fourth-order valence-electron chi connectivity index (χ4n) is 0.914. The quantitative estimate of drug-likeness (QED) is 0.352. The van der Waals surface area contributed by atoms with E-state index in [1.807, 2.05) is 0 Å². The molecule has 0 radical (unpaired) electrons. The molecule has 0 fully saturated rings. The van der Waals surface area contributed by atoms with Crippen LogP contribution >= 0.6 is 23.2 Å². The highest BCUT2D eigenvalue weighted by atomic mass is 35.5. The zero-order valence-corrected chi connectivity index (χ0v) is 9.06. The number of carboxylic acid groups (broad SMARTS) is 1. The number of halogens is 2. The summed E-state index contributed by atoms with van der Waals surface area (Å²) in [6, 6.07) is 1.60. The van der Waals surface area contributed by atoms with E-state index in [2.05, 4.69) is 0 Å². The van der Waals surface area contributed by atoms with Gasteiger partial charge in [0.05, 0.1) is 0 Å². The van der Waals surface area contributed by atoms with Gasteiger partial charge in [0.1, 0.15) is 11.6 Å². The van der Waals surface area contributed by atoms with Crippen LogP contribution in [0.2, 0.25) is 0 Å². The first kappa shape index (κ1) is 13.0. The Morgan fingerprint density at radius 2 is 2.21 bits per heavy atom. The van der Waals surface area contributed by atoms with Crippen LogP contribution in [0.25, 0.3) is 0 Å². The van der Waals surface area contributed by atoms with Crippen LogP contribution in [0.4, 0.5) is 0 Å². The second-order valence-electron chi connectivity index (χ2n) is 2.39. The van der Waals surface area contributed by atoms with Gasteiger partial charge in [-0.1, -0.05) is 18.5 Å². The number of alkyl halides is 1. The molecule has 0 bridgehead atoms. The molecule has 0 atom stereocenters.